The van der Waals surface area contributed by atoms with Crippen molar-refractivity contribution in [2.45, 2.75) is 6.42 Å². The molecule has 0 spiro atoms. The fourth-order valence-corrected chi connectivity index (χ4v) is 2.11. The maximum Gasteiger partial charge on any atom is 0.304 e. The largest absolute Gasteiger partial charge is 0.481 e. The van der Waals surface area contributed by atoms with E-state index < -0.39 is 5.97 Å². The smallest absolute Gasteiger partial charge is 0.304 e. The van der Waals surface area contributed by atoms with Crippen LogP contribution in [0.4, 0.5) is 5.69 Å². The Morgan fingerprint density at radius 2 is 2.10 bits per heavy atom. The highest BCUT2D eigenvalue weighted by molar-refractivity contribution is 9.10. The third-order valence-corrected chi connectivity index (χ3v) is 3.13. The van der Waals surface area contributed by atoms with E-state index in [-0.39, 0.29) is 31.3 Å². The van der Waals surface area contributed by atoms with Crippen LogP contribution in [0, 0.1) is 0 Å². The molecule has 2 N–H and O–H groups in total. The molecule has 1 aromatic rings. The van der Waals surface area contributed by atoms with Gasteiger partial charge in [-0.1, -0.05) is 27.5 Å². The van der Waals surface area contributed by atoms with Gasteiger partial charge in [0.05, 0.1) is 23.7 Å². The highest BCUT2D eigenvalue weighted by atomic mass is 79.9. The van der Waals surface area contributed by atoms with E-state index >= 15 is 0 Å². The Kier molecular flexibility index (Phi) is 8.80. The van der Waals surface area contributed by atoms with Crippen molar-refractivity contribution in [2.24, 2.45) is 0 Å². The van der Waals surface area contributed by atoms with E-state index in [4.69, 9.17) is 16.7 Å². The van der Waals surface area contributed by atoms with Crippen molar-refractivity contribution in [3.05, 3.63) is 27.7 Å². The average molecular weight is 386 g/mol. The van der Waals surface area contributed by atoms with Crippen LogP contribution in [0.3, 0.4) is 0 Å². The number of hydrogen-bond acceptors (Lipinski definition) is 3. The minimum atomic E-state index is -0.886. The Balaban J connectivity index is 0.00000361. The zero-order chi connectivity index (χ0) is 14.4. The highest BCUT2D eigenvalue weighted by Gasteiger charge is 2.10. The van der Waals surface area contributed by atoms with Gasteiger partial charge in [0, 0.05) is 11.0 Å². The topological polar surface area (TPSA) is 69.6 Å². The van der Waals surface area contributed by atoms with E-state index in [1.54, 1.807) is 30.1 Å². The standard InChI is InChI=1S/C12H14BrClN2O3.ClH/c1-16(5-4-12(18)19)7-11(17)15-10-3-2-8(13)6-9(10)14;/h2-3,6H,4-5,7H2,1H3,(H,15,17)(H,18,19);1H. The zero-order valence-electron chi connectivity index (χ0n) is 10.7. The summed E-state index contributed by atoms with van der Waals surface area (Å²) in [5.41, 5.74) is 0.529. The van der Waals surface area contributed by atoms with Crippen LogP contribution in [-0.4, -0.2) is 42.0 Å². The van der Waals surface area contributed by atoms with Crippen LogP contribution in [0.2, 0.25) is 5.02 Å². The second-order valence-electron chi connectivity index (χ2n) is 4.05. The highest BCUT2D eigenvalue weighted by Crippen LogP contribution is 2.25. The number of carbonyl (C=O) groups is 2. The van der Waals surface area contributed by atoms with Crippen molar-refractivity contribution in [3.8, 4) is 0 Å². The van der Waals surface area contributed by atoms with Crippen molar-refractivity contribution in [1.82, 2.24) is 4.90 Å². The summed E-state index contributed by atoms with van der Waals surface area (Å²) in [5, 5.41) is 11.7. The summed E-state index contributed by atoms with van der Waals surface area (Å²) in [4.78, 5) is 23.8. The van der Waals surface area contributed by atoms with Gasteiger partial charge in [-0.05, 0) is 25.2 Å². The van der Waals surface area contributed by atoms with E-state index in [2.05, 4.69) is 21.2 Å². The van der Waals surface area contributed by atoms with Crippen LogP contribution >= 0.6 is 39.9 Å². The number of halogens is 3. The van der Waals surface area contributed by atoms with Gasteiger partial charge in [0.25, 0.3) is 0 Å². The predicted molar refractivity (Wildman–Crippen MR) is 84.8 cm³/mol. The SMILES string of the molecule is CN(CCC(=O)O)CC(=O)Nc1ccc(Br)cc1Cl.Cl. The number of rotatable bonds is 6. The van der Waals surface area contributed by atoms with Gasteiger partial charge in [-0.2, -0.15) is 0 Å². The summed E-state index contributed by atoms with van der Waals surface area (Å²) in [6.45, 7) is 0.427. The molecule has 0 saturated heterocycles. The number of nitrogens with one attached hydrogen (secondary N) is 1. The molecule has 20 heavy (non-hydrogen) atoms. The molecule has 112 valence electrons. The van der Waals surface area contributed by atoms with Crippen LogP contribution in [-0.2, 0) is 9.59 Å². The van der Waals surface area contributed by atoms with E-state index in [1.807, 2.05) is 0 Å². The van der Waals surface area contributed by atoms with Gasteiger partial charge in [0.15, 0.2) is 0 Å². The first-order chi connectivity index (χ1) is 8.88. The summed E-state index contributed by atoms with van der Waals surface area (Å²) in [7, 11) is 1.69. The van der Waals surface area contributed by atoms with Gasteiger partial charge in [-0.15, -0.1) is 12.4 Å². The number of nitrogens with zero attached hydrogens (tertiary/aromatic N) is 1. The lowest BCUT2D eigenvalue weighted by Crippen LogP contribution is -2.31. The Hall–Kier alpha value is -0.820. The molecule has 0 fully saturated rings. The first-order valence-electron chi connectivity index (χ1n) is 5.53. The molecule has 1 aromatic carbocycles. The Bertz CT molecular complexity index is 486. The predicted octanol–water partition coefficient (Wildman–Crippen LogP) is 2.87. The van der Waals surface area contributed by atoms with Gasteiger partial charge in [0.2, 0.25) is 5.91 Å². The summed E-state index contributed by atoms with van der Waals surface area (Å²) in [5.74, 6) is -1.12. The Morgan fingerprint density at radius 3 is 2.65 bits per heavy atom. The molecular formula is C12H15BrCl2N2O3. The monoisotopic (exact) mass is 384 g/mol. The van der Waals surface area contributed by atoms with Gasteiger partial charge < -0.3 is 10.4 Å². The van der Waals surface area contributed by atoms with Crippen molar-refractivity contribution in [2.75, 3.05) is 25.5 Å². The quantitative estimate of drug-likeness (QED) is 0.789. The average Bonchev–Trinajstić information content (AvgIpc) is 2.30. The number of carboxylic acid groups (broad SMARTS) is 1. The number of aliphatic carboxylic acids is 1. The molecule has 0 atom stereocenters. The van der Waals surface area contributed by atoms with E-state index in [9.17, 15) is 9.59 Å². The maximum atomic E-state index is 11.7. The third kappa shape index (κ3) is 7.09. The van der Waals surface area contributed by atoms with Crippen LogP contribution in [0.15, 0.2) is 22.7 Å². The molecule has 0 aromatic heterocycles. The lowest BCUT2D eigenvalue weighted by atomic mass is 10.3. The number of anilines is 1. The first kappa shape index (κ1) is 19.2. The van der Waals surface area contributed by atoms with E-state index in [0.29, 0.717) is 17.3 Å². The molecule has 0 saturated carbocycles. The number of hydrogen-bond donors (Lipinski definition) is 2. The minimum absolute atomic E-state index is 0. The lowest BCUT2D eigenvalue weighted by molar-refractivity contribution is -0.137. The Labute approximate surface area is 136 Å². The molecule has 0 aliphatic carbocycles. The fraction of sp³-hybridized carbons (Fsp3) is 0.333. The van der Waals surface area contributed by atoms with Crippen molar-refractivity contribution in [1.29, 1.82) is 0 Å². The number of likely N-dealkylation sites (N-methyl/N-ethyl adjacent to an activating group) is 1. The minimum Gasteiger partial charge on any atom is -0.481 e. The first-order valence-corrected chi connectivity index (χ1v) is 6.71. The van der Waals surface area contributed by atoms with Gasteiger partial charge >= 0.3 is 5.97 Å². The lowest BCUT2D eigenvalue weighted by Gasteiger charge is -2.15. The molecule has 0 bridgehead atoms. The molecular weight excluding hydrogens is 371 g/mol. The van der Waals surface area contributed by atoms with Crippen molar-refractivity contribution >= 4 is 57.5 Å². The number of carbonyl (C=O) groups excluding carboxylic acids is 1. The van der Waals surface area contributed by atoms with E-state index in [1.165, 1.54) is 0 Å². The van der Waals surface area contributed by atoms with Crippen molar-refractivity contribution < 1.29 is 14.7 Å². The molecule has 1 amide bonds. The molecule has 0 radical (unpaired) electrons. The van der Waals surface area contributed by atoms with Crippen LogP contribution in [0.25, 0.3) is 0 Å². The van der Waals surface area contributed by atoms with Gasteiger partial charge in [-0.3, -0.25) is 14.5 Å². The maximum absolute atomic E-state index is 11.7. The zero-order valence-corrected chi connectivity index (χ0v) is 13.9. The normalized spacial score (nSPS) is 10.0. The molecule has 5 nitrogen and oxygen atoms in total. The molecule has 0 aliphatic heterocycles. The van der Waals surface area contributed by atoms with Crippen LogP contribution < -0.4 is 5.32 Å². The summed E-state index contributed by atoms with van der Waals surface area (Å²) in [6, 6.07) is 5.16. The summed E-state index contributed by atoms with van der Waals surface area (Å²) in [6.07, 6.45) is 0.00280. The molecule has 0 aliphatic rings. The van der Waals surface area contributed by atoms with E-state index in [0.717, 1.165) is 4.47 Å². The second kappa shape index (κ2) is 9.18. The molecule has 0 unspecified atom stereocenters. The molecule has 0 heterocycles. The van der Waals surface area contributed by atoms with Crippen LogP contribution in [0.5, 0.6) is 0 Å². The van der Waals surface area contributed by atoms with Crippen LogP contribution in [0.1, 0.15) is 6.42 Å². The Morgan fingerprint density at radius 1 is 1.45 bits per heavy atom. The fourth-order valence-electron chi connectivity index (χ4n) is 1.39. The second-order valence-corrected chi connectivity index (χ2v) is 5.38. The van der Waals surface area contributed by atoms with Gasteiger partial charge in [-0.25, -0.2) is 0 Å². The van der Waals surface area contributed by atoms with Gasteiger partial charge in [0.1, 0.15) is 0 Å². The van der Waals surface area contributed by atoms with Crippen molar-refractivity contribution in [3.63, 3.8) is 0 Å². The summed E-state index contributed by atoms with van der Waals surface area (Å²) >= 11 is 9.25. The number of carboxylic acids is 1. The summed E-state index contributed by atoms with van der Waals surface area (Å²) < 4.78 is 0.828. The molecule has 8 heteroatoms. The number of benzene rings is 1. The third-order valence-electron chi connectivity index (χ3n) is 2.33. The molecule has 1 rings (SSSR count). The number of amides is 1.